The molecule has 0 amide bonds. The number of halogens is 1. The van der Waals surface area contributed by atoms with Crippen LogP contribution in [0.2, 0.25) is 5.02 Å². The molecule has 1 heterocycles. The Labute approximate surface area is 157 Å². The Bertz CT molecular complexity index is 895. The number of benzene rings is 2. The minimum atomic E-state index is -3.85. The van der Waals surface area contributed by atoms with Gasteiger partial charge in [0.2, 0.25) is 10.0 Å². The predicted octanol–water partition coefficient (Wildman–Crippen LogP) is 3.89. The molecule has 1 aliphatic rings. The molecular weight excluding hydrogens is 376 g/mol. The summed E-state index contributed by atoms with van der Waals surface area (Å²) in [5.41, 5.74) is 0.961. The molecule has 0 atom stereocenters. The molecule has 0 spiro atoms. The lowest BCUT2D eigenvalue weighted by Gasteiger charge is -2.31. The fraction of sp³-hybridized carbons (Fsp3) is 0.333. The van der Waals surface area contributed by atoms with Gasteiger partial charge in [-0.2, -0.15) is 4.31 Å². The topological polar surface area (TPSA) is 80.5 Å². The highest BCUT2D eigenvalue weighted by Crippen LogP contribution is 2.31. The molecule has 6 nitrogen and oxygen atoms in total. The molecule has 0 aliphatic carbocycles. The number of hydrogen-bond donors (Lipinski definition) is 0. The van der Waals surface area contributed by atoms with Gasteiger partial charge in [-0.15, -0.1) is 0 Å². The zero-order chi connectivity index (χ0) is 18.7. The highest BCUT2D eigenvalue weighted by atomic mass is 35.5. The molecule has 0 saturated carbocycles. The molecule has 2 aromatic rings. The average Bonchev–Trinajstić information content (AvgIpc) is 2.63. The van der Waals surface area contributed by atoms with Crippen LogP contribution in [0.1, 0.15) is 18.4 Å². The third kappa shape index (κ3) is 4.06. The number of nitro groups is 1. The minimum absolute atomic E-state index is 0.00186. The lowest BCUT2D eigenvalue weighted by atomic mass is 9.91. The second kappa shape index (κ2) is 7.73. The summed E-state index contributed by atoms with van der Waals surface area (Å²) in [6.07, 6.45) is 2.42. The van der Waals surface area contributed by atoms with Crippen LogP contribution in [0.25, 0.3) is 0 Å². The van der Waals surface area contributed by atoms with E-state index in [1.807, 2.05) is 18.2 Å². The quantitative estimate of drug-likeness (QED) is 0.569. The van der Waals surface area contributed by atoms with E-state index in [4.69, 9.17) is 11.6 Å². The van der Waals surface area contributed by atoms with Crippen molar-refractivity contribution in [2.24, 2.45) is 5.92 Å². The summed E-state index contributed by atoms with van der Waals surface area (Å²) < 4.78 is 27.1. The van der Waals surface area contributed by atoms with Crippen molar-refractivity contribution in [1.29, 1.82) is 0 Å². The van der Waals surface area contributed by atoms with E-state index in [-0.39, 0.29) is 15.6 Å². The fourth-order valence-corrected chi connectivity index (χ4v) is 5.21. The Balaban J connectivity index is 1.72. The van der Waals surface area contributed by atoms with Crippen molar-refractivity contribution in [2.75, 3.05) is 13.1 Å². The van der Waals surface area contributed by atoms with Gasteiger partial charge >= 0.3 is 0 Å². The first-order valence-corrected chi connectivity index (χ1v) is 10.2. The van der Waals surface area contributed by atoms with Gasteiger partial charge in [0, 0.05) is 25.2 Å². The lowest BCUT2D eigenvalue weighted by Crippen LogP contribution is -2.39. The van der Waals surface area contributed by atoms with Crippen LogP contribution in [0.4, 0.5) is 5.69 Å². The van der Waals surface area contributed by atoms with Crippen LogP contribution < -0.4 is 0 Å². The third-order valence-corrected chi connectivity index (χ3v) is 7.06. The Kier molecular flexibility index (Phi) is 5.60. The summed E-state index contributed by atoms with van der Waals surface area (Å²) >= 11 is 6.01. The van der Waals surface area contributed by atoms with Gasteiger partial charge in [0.1, 0.15) is 4.90 Å². The largest absolute Gasteiger partial charge is 0.270 e. The third-order valence-electron chi connectivity index (χ3n) is 4.68. The SMILES string of the molecule is O=[N+]([O-])c1ccc(Cl)c(S(=O)(=O)N2CCC(Cc3ccccc3)CC2)c1. The molecule has 0 aromatic heterocycles. The van der Waals surface area contributed by atoms with Gasteiger partial charge in [-0.25, -0.2) is 8.42 Å². The van der Waals surface area contributed by atoms with Gasteiger partial charge in [0.05, 0.1) is 9.95 Å². The van der Waals surface area contributed by atoms with Crippen LogP contribution in [0.15, 0.2) is 53.4 Å². The molecule has 2 aromatic carbocycles. The molecule has 0 N–H and O–H groups in total. The summed E-state index contributed by atoms with van der Waals surface area (Å²) in [4.78, 5) is 10.1. The first kappa shape index (κ1) is 18.8. The zero-order valence-corrected chi connectivity index (χ0v) is 15.6. The number of piperidine rings is 1. The molecule has 1 fully saturated rings. The maximum absolute atomic E-state index is 12.9. The Morgan fingerprint density at radius 1 is 1.12 bits per heavy atom. The highest BCUT2D eigenvalue weighted by molar-refractivity contribution is 7.89. The van der Waals surface area contributed by atoms with Gasteiger partial charge in [0.15, 0.2) is 0 Å². The average molecular weight is 395 g/mol. The van der Waals surface area contributed by atoms with Crippen LogP contribution >= 0.6 is 11.6 Å². The maximum atomic E-state index is 12.9. The van der Waals surface area contributed by atoms with E-state index in [0.29, 0.717) is 19.0 Å². The first-order valence-electron chi connectivity index (χ1n) is 8.36. The van der Waals surface area contributed by atoms with Crippen LogP contribution in [-0.2, 0) is 16.4 Å². The molecule has 8 heteroatoms. The smallest absolute Gasteiger partial charge is 0.258 e. The van der Waals surface area contributed by atoms with E-state index in [1.165, 1.54) is 22.0 Å². The molecule has 0 unspecified atom stereocenters. The van der Waals surface area contributed by atoms with Crippen LogP contribution in [0, 0.1) is 16.0 Å². The van der Waals surface area contributed by atoms with Crippen molar-refractivity contribution in [3.05, 3.63) is 69.2 Å². The molecule has 1 saturated heterocycles. The van der Waals surface area contributed by atoms with E-state index in [9.17, 15) is 18.5 Å². The summed E-state index contributed by atoms with van der Waals surface area (Å²) in [6, 6.07) is 13.6. The van der Waals surface area contributed by atoms with Crippen LogP contribution in [0.3, 0.4) is 0 Å². The summed E-state index contributed by atoms with van der Waals surface area (Å²) in [5, 5.41) is 10.9. The molecule has 3 rings (SSSR count). The minimum Gasteiger partial charge on any atom is -0.258 e. The Hall–Kier alpha value is -1.96. The van der Waals surface area contributed by atoms with Crippen molar-refractivity contribution < 1.29 is 13.3 Å². The number of non-ortho nitro benzene ring substituents is 1. The van der Waals surface area contributed by atoms with Gasteiger partial charge in [0.25, 0.3) is 5.69 Å². The highest BCUT2D eigenvalue weighted by Gasteiger charge is 2.32. The number of hydrogen-bond acceptors (Lipinski definition) is 4. The second-order valence-corrected chi connectivity index (χ2v) is 8.72. The van der Waals surface area contributed by atoms with Crippen molar-refractivity contribution in [2.45, 2.75) is 24.2 Å². The van der Waals surface area contributed by atoms with Crippen LogP contribution in [0.5, 0.6) is 0 Å². The van der Waals surface area contributed by atoms with E-state index >= 15 is 0 Å². The number of sulfonamides is 1. The monoisotopic (exact) mass is 394 g/mol. The van der Waals surface area contributed by atoms with E-state index in [2.05, 4.69) is 12.1 Å². The Morgan fingerprint density at radius 3 is 2.38 bits per heavy atom. The van der Waals surface area contributed by atoms with E-state index in [0.717, 1.165) is 25.3 Å². The molecule has 0 bridgehead atoms. The van der Waals surface area contributed by atoms with Crippen LogP contribution in [-0.4, -0.2) is 30.7 Å². The number of rotatable bonds is 5. The molecule has 0 radical (unpaired) electrons. The van der Waals surface area contributed by atoms with Crippen molar-refractivity contribution in [1.82, 2.24) is 4.31 Å². The first-order chi connectivity index (χ1) is 12.4. The van der Waals surface area contributed by atoms with E-state index in [1.54, 1.807) is 0 Å². The van der Waals surface area contributed by atoms with E-state index < -0.39 is 14.9 Å². The van der Waals surface area contributed by atoms with Gasteiger partial charge in [-0.3, -0.25) is 10.1 Å². The number of nitro benzene ring substituents is 1. The van der Waals surface area contributed by atoms with Crippen molar-refractivity contribution >= 4 is 27.3 Å². The molecule has 26 heavy (non-hydrogen) atoms. The lowest BCUT2D eigenvalue weighted by molar-refractivity contribution is -0.385. The normalized spacial score (nSPS) is 16.5. The van der Waals surface area contributed by atoms with Crippen molar-refractivity contribution in [3.63, 3.8) is 0 Å². The fourth-order valence-electron chi connectivity index (χ4n) is 3.24. The van der Waals surface area contributed by atoms with Gasteiger partial charge < -0.3 is 0 Å². The summed E-state index contributed by atoms with van der Waals surface area (Å²) in [6.45, 7) is 0.776. The number of nitrogens with zero attached hydrogens (tertiary/aromatic N) is 2. The van der Waals surface area contributed by atoms with Gasteiger partial charge in [-0.1, -0.05) is 41.9 Å². The zero-order valence-electron chi connectivity index (χ0n) is 14.0. The van der Waals surface area contributed by atoms with Gasteiger partial charge in [-0.05, 0) is 36.8 Å². The van der Waals surface area contributed by atoms with Crippen molar-refractivity contribution in [3.8, 4) is 0 Å². The Morgan fingerprint density at radius 2 is 1.77 bits per heavy atom. The predicted molar refractivity (Wildman–Crippen MR) is 99.7 cm³/mol. The molecule has 138 valence electrons. The summed E-state index contributed by atoms with van der Waals surface area (Å²) in [7, 11) is -3.85. The standard InChI is InChI=1S/C18H19ClN2O4S/c19-17-7-6-16(21(22)23)13-18(17)26(24,25)20-10-8-15(9-11-20)12-14-4-2-1-3-5-14/h1-7,13,15H,8-12H2. The molecular formula is C18H19ClN2O4S. The molecule has 1 aliphatic heterocycles. The second-order valence-electron chi connectivity index (χ2n) is 6.41. The maximum Gasteiger partial charge on any atom is 0.270 e. The summed E-state index contributed by atoms with van der Waals surface area (Å²) in [5.74, 6) is 0.421.